The van der Waals surface area contributed by atoms with Gasteiger partial charge in [-0.05, 0) is 35.9 Å². The van der Waals surface area contributed by atoms with Crippen LogP contribution in [0, 0.1) is 11.3 Å². The van der Waals surface area contributed by atoms with Gasteiger partial charge in [-0.25, -0.2) is 0 Å². The van der Waals surface area contributed by atoms with Crippen LogP contribution in [0.15, 0.2) is 72.9 Å². The van der Waals surface area contributed by atoms with Crippen LogP contribution in [0.1, 0.15) is 22.0 Å². The van der Waals surface area contributed by atoms with E-state index in [1.54, 1.807) is 49.7 Å². The third kappa shape index (κ3) is 3.41. The quantitative estimate of drug-likeness (QED) is 0.657. The summed E-state index contributed by atoms with van der Waals surface area (Å²) in [6.45, 7) is 0. The summed E-state index contributed by atoms with van der Waals surface area (Å²) < 4.78 is 5.42. The largest absolute Gasteiger partial charge is 0.496 e. The van der Waals surface area contributed by atoms with Crippen molar-refractivity contribution in [1.82, 2.24) is 4.98 Å². The molecule has 1 atom stereocenters. The summed E-state index contributed by atoms with van der Waals surface area (Å²) in [5, 5.41) is 9.46. The van der Waals surface area contributed by atoms with E-state index >= 15 is 0 Å². The fraction of sp³-hybridized carbons (Fsp3) is 0.0952. The average molecular weight is 328 g/mol. The average Bonchev–Trinajstić information content (AvgIpc) is 2.69. The topological polar surface area (TPSA) is 63.0 Å². The van der Waals surface area contributed by atoms with Crippen molar-refractivity contribution in [3.05, 3.63) is 84.2 Å². The zero-order chi connectivity index (χ0) is 17.6. The van der Waals surface area contributed by atoms with Crippen molar-refractivity contribution in [2.45, 2.75) is 5.92 Å². The third-order valence-electron chi connectivity index (χ3n) is 3.94. The van der Waals surface area contributed by atoms with Crippen LogP contribution in [-0.4, -0.2) is 17.9 Å². The Kier molecular flexibility index (Phi) is 4.87. The molecular formula is C21H16N2O2. The number of hydrogen-bond acceptors (Lipinski definition) is 4. The molecule has 3 aromatic rings. The minimum atomic E-state index is -0.932. The number of aromatic nitrogens is 1. The summed E-state index contributed by atoms with van der Waals surface area (Å²) >= 11 is 0. The lowest BCUT2D eigenvalue weighted by molar-refractivity contribution is 0.0977. The van der Waals surface area contributed by atoms with Crippen LogP contribution < -0.4 is 4.74 Å². The molecule has 122 valence electrons. The van der Waals surface area contributed by atoms with Gasteiger partial charge in [0.05, 0.1) is 18.9 Å². The number of rotatable bonds is 5. The Morgan fingerprint density at radius 2 is 1.84 bits per heavy atom. The second kappa shape index (κ2) is 7.41. The summed E-state index contributed by atoms with van der Waals surface area (Å²) in [6.07, 6.45) is 1.58. The van der Waals surface area contributed by atoms with Gasteiger partial charge in [0, 0.05) is 17.3 Å². The molecule has 2 aromatic carbocycles. The Labute approximate surface area is 146 Å². The second-order valence-corrected chi connectivity index (χ2v) is 5.46. The Hall–Kier alpha value is -3.45. The van der Waals surface area contributed by atoms with Crippen LogP contribution in [0.3, 0.4) is 0 Å². The van der Waals surface area contributed by atoms with E-state index in [0.717, 1.165) is 11.1 Å². The number of ketones is 1. The molecule has 0 aliphatic heterocycles. The summed E-state index contributed by atoms with van der Waals surface area (Å²) in [4.78, 5) is 17.0. The fourth-order valence-electron chi connectivity index (χ4n) is 2.68. The number of ether oxygens (including phenoxy) is 1. The predicted molar refractivity (Wildman–Crippen MR) is 95.4 cm³/mol. The second-order valence-electron chi connectivity index (χ2n) is 5.46. The van der Waals surface area contributed by atoms with E-state index in [1.807, 2.05) is 30.3 Å². The van der Waals surface area contributed by atoms with E-state index in [2.05, 4.69) is 11.1 Å². The van der Waals surface area contributed by atoms with E-state index in [-0.39, 0.29) is 5.78 Å². The van der Waals surface area contributed by atoms with E-state index < -0.39 is 5.92 Å². The number of pyridine rings is 1. The number of carbonyl (C=O) groups excluding carboxylic acids is 1. The molecule has 0 spiro atoms. The molecule has 0 aliphatic rings. The predicted octanol–water partition coefficient (Wildman–Crippen LogP) is 4.25. The van der Waals surface area contributed by atoms with Crippen molar-refractivity contribution in [2.24, 2.45) is 0 Å². The van der Waals surface area contributed by atoms with Gasteiger partial charge < -0.3 is 4.74 Å². The summed E-state index contributed by atoms with van der Waals surface area (Å²) in [7, 11) is 1.59. The van der Waals surface area contributed by atoms with Gasteiger partial charge in [0.25, 0.3) is 0 Å². The first kappa shape index (κ1) is 16.4. The highest BCUT2D eigenvalue weighted by Gasteiger charge is 2.23. The van der Waals surface area contributed by atoms with Crippen LogP contribution in [-0.2, 0) is 0 Å². The molecular weight excluding hydrogens is 312 g/mol. The number of carbonyl (C=O) groups is 1. The van der Waals surface area contributed by atoms with Gasteiger partial charge in [0.1, 0.15) is 5.75 Å². The summed E-state index contributed by atoms with van der Waals surface area (Å²) in [5.41, 5.74) is 2.66. The van der Waals surface area contributed by atoms with Crippen molar-refractivity contribution >= 4 is 5.78 Å². The maximum atomic E-state index is 12.9. The smallest absolute Gasteiger partial charge is 0.186 e. The van der Waals surface area contributed by atoms with E-state index in [1.165, 1.54) is 0 Å². The van der Waals surface area contributed by atoms with Crippen molar-refractivity contribution in [3.8, 4) is 22.9 Å². The maximum absolute atomic E-state index is 12.9. The lowest BCUT2D eigenvalue weighted by atomic mass is 9.92. The van der Waals surface area contributed by atoms with Gasteiger partial charge in [-0.3, -0.25) is 9.78 Å². The molecule has 0 fully saturated rings. The number of methoxy groups -OCH3 is 1. The molecule has 4 nitrogen and oxygen atoms in total. The van der Waals surface area contributed by atoms with E-state index in [4.69, 9.17) is 4.74 Å². The normalized spacial score (nSPS) is 11.4. The van der Waals surface area contributed by atoms with Crippen LogP contribution in [0.2, 0.25) is 0 Å². The zero-order valence-electron chi connectivity index (χ0n) is 13.7. The molecule has 1 aromatic heterocycles. The van der Waals surface area contributed by atoms with Gasteiger partial charge >= 0.3 is 0 Å². The van der Waals surface area contributed by atoms with Crippen molar-refractivity contribution < 1.29 is 9.53 Å². The highest BCUT2D eigenvalue weighted by molar-refractivity contribution is 6.03. The van der Waals surface area contributed by atoms with Gasteiger partial charge in [-0.2, -0.15) is 5.26 Å². The first-order valence-electron chi connectivity index (χ1n) is 7.83. The van der Waals surface area contributed by atoms with Crippen LogP contribution in [0.4, 0.5) is 0 Å². The van der Waals surface area contributed by atoms with Gasteiger partial charge in [-0.15, -0.1) is 0 Å². The van der Waals surface area contributed by atoms with E-state index in [9.17, 15) is 10.1 Å². The van der Waals surface area contributed by atoms with Crippen molar-refractivity contribution in [1.29, 1.82) is 5.26 Å². The molecule has 3 rings (SSSR count). The maximum Gasteiger partial charge on any atom is 0.186 e. The highest BCUT2D eigenvalue weighted by Crippen LogP contribution is 2.32. The van der Waals surface area contributed by atoms with E-state index in [0.29, 0.717) is 17.0 Å². The Bertz CT molecular complexity index is 916. The lowest BCUT2D eigenvalue weighted by Crippen LogP contribution is -2.12. The van der Waals surface area contributed by atoms with Gasteiger partial charge in [0.15, 0.2) is 11.7 Å². The Morgan fingerprint density at radius 3 is 2.48 bits per heavy atom. The molecule has 25 heavy (non-hydrogen) atoms. The van der Waals surface area contributed by atoms with Gasteiger partial charge in [0.2, 0.25) is 0 Å². The number of nitriles is 1. The Morgan fingerprint density at radius 1 is 1.08 bits per heavy atom. The standard InChI is InChI=1S/C21H16N2O2/c1-25-20-11-10-16(13-17(20)15-7-3-2-4-8-15)21(24)18(14-22)19-9-5-6-12-23-19/h2-13,18H,1H3/t18-/m0/s1. The summed E-state index contributed by atoms with van der Waals surface area (Å²) in [6, 6.07) is 22.2. The number of hydrogen-bond donors (Lipinski definition) is 0. The molecule has 4 heteroatoms. The van der Waals surface area contributed by atoms with Crippen molar-refractivity contribution in [2.75, 3.05) is 7.11 Å². The molecule has 0 N–H and O–H groups in total. The highest BCUT2D eigenvalue weighted by atomic mass is 16.5. The molecule has 0 amide bonds. The number of nitrogens with zero attached hydrogens (tertiary/aromatic N) is 2. The Balaban J connectivity index is 2.03. The monoisotopic (exact) mass is 328 g/mol. The molecule has 0 unspecified atom stereocenters. The molecule has 0 bridgehead atoms. The zero-order valence-corrected chi connectivity index (χ0v) is 13.7. The first-order chi connectivity index (χ1) is 12.2. The SMILES string of the molecule is COc1ccc(C(=O)[C@@H](C#N)c2ccccn2)cc1-c1ccccc1. The van der Waals surface area contributed by atoms with Gasteiger partial charge in [-0.1, -0.05) is 36.4 Å². The molecule has 0 aliphatic carbocycles. The van der Waals surface area contributed by atoms with Crippen LogP contribution >= 0.6 is 0 Å². The molecule has 0 saturated heterocycles. The lowest BCUT2D eigenvalue weighted by Gasteiger charge is -2.12. The first-order valence-corrected chi connectivity index (χ1v) is 7.83. The molecule has 1 heterocycles. The minimum absolute atomic E-state index is 0.277. The number of Topliss-reactive ketones (excluding diaryl/α,β-unsaturated/α-hetero) is 1. The number of benzene rings is 2. The molecule has 0 saturated carbocycles. The van der Waals surface area contributed by atoms with Crippen LogP contribution in [0.25, 0.3) is 11.1 Å². The fourth-order valence-corrected chi connectivity index (χ4v) is 2.68. The molecule has 0 radical (unpaired) electrons. The van der Waals surface area contributed by atoms with Crippen LogP contribution in [0.5, 0.6) is 5.75 Å². The third-order valence-corrected chi connectivity index (χ3v) is 3.94. The minimum Gasteiger partial charge on any atom is -0.496 e. The summed E-state index contributed by atoms with van der Waals surface area (Å²) in [5.74, 6) is -0.534. The van der Waals surface area contributed by atoms with Crippen molar-refractivity contribution in [3.63, 3.8) is 0 Å².